The van der Waals surface area contributed by atoms with Crippen LogP contribution in [0.4, 0.5) is 5.69 Å². The third kappa shape index (κ3) is 2.84. The van der Waals surface area contributed by atoms with Crippen LogP contribution in [0.25, 0.3) is 5.57 Å². The fraction of sp³-hybridized carbons (Fsp3) is 0.0952. The number of allylic oxidation sites excluding steroid dienone is 5. The van der Waals surface area contributed by atoms with Crippen LogP contribution in [0.2, 0.25) is 13.1 Å². The zero-order valence-corrected chi connectivity index (χ0v) is 19.9. The molecule has 0 fully saturated rings. The number of nitrogen functional groups attached to an aromatic ring is 1. The van der Waals surface area contributed by atoms with Crippen LogP contribution in [-0.4, -0.2) is 13.8 Å². The molecule has 0 atom stereocenters. The molecule has 4 rings (SSSR count). The molecule has 0 unspecified atom stereocenters. The van der Waals surface area contributed by atoms with Gasteiger partial charge in [-0.15, -0.1) is 0 Å². The Balaban J connectivity index is 2.13. The van der Waals surface area contributed by atoms with Gasteiger partial charge in [-0.1, -0.05) is 0 Å². The van der Waals surface area contributed by atoms with E-state index in [0.717, 1.165) is 5.69 Å². The van der Waals surface area contributed by atoms with E-state index in [1.54, 1.807) is 0 Å². The Morgan fingerprint density at radius 2 is 1.81 bits per heavy atom. The standard InChI is InChI=1S/C21H19I2N2Si/c1-26(2)19-11-13(24)7-9-16(19)21(15-5-3-4-6-18(15)23-22)17-10-8-14(25)12-20(17)26/h3-12,24H,25H2,1-2H3/q-1. The molecule has 0 bridgehead atoms. The van der Waals surface area contributed by atoms with Crippen LogP contribution in [-0.2, 0) is 0 Å². The van der Waals surface area contributed by atoms with Crippen LogP contribution >= 0.6 is 18.6 Å². The van der Waals surface area contributed by atoms with Crippen LogP contribution in [0.5, 0.6) is 0 Å². The van der Waals surface area contributed by atoms with E-state index in [1.165, 1.54) is 36.2 Å². The van der Waals surface area contributed by atoms with Gasteiger partial charge >= 0.3 is 176 Å². The van der Waals surface area contributed by atoms with Gasteiger partial charge in [0.1, 0.15) is 0 Å². The molecule has 2 aliphatic rings. The predicted octanol–water partition coefficient (Wildman–Crippen LogP) is 1.66. The molecule has 2 nitrogen and oxygen atoms in total. The van der Waals surface area contributed by atoms with E-state index < -0.39 is 8.07 Å². The van der Waals surface area contributed by atoms with Gasteiger partial charge in [-0.3, -0.25) is 0 Å². The summed E-state index contributed by atoms with van der Waals surface area (Å²) in [4.78, 5) is 0. The van der Waals surface area contributed by atoms with Gasteiger partial charge in [0.05, 0.1) is 0 Å². The Kier molecular flexibility index (Phi) is 4.73. The van der Waals surface area contributed by atoms with Crippen LogP contribution in [0, 0.1) is 8.98 Å². The van der Waals surface area contributed by atoms with E-state index in [-0.39, 0.29) is 17.2 Å². The van der Waals surface area contributed by atoms with Crippen molar-refractivity contribution in [2.45, 2.75) is 13.1 Å². The van der Waals surface area contributed by atoms with Crippen molar-refractivity contribution >= 4 is 48.8 Å². The molecule has 1 aliphatic carbocycles. The topological polar surface area (TPSA) is 49.9 Å². The maximum atomic E-state index is 8.18. The van der Waals surface area contributed by atoms with Crippen LogP contribution in [0.3, 0.4) is 0 Å². The number of hydrogen-bond donors (Lipinski definition) is 2. The van der Waals surface area contributed by atoms with Crippen molar-refractivity contribution in [2.75, 3.05) is 5.73 Å². The molecule has 2 aromatic carbocycles. The first kappa shape index (κ1) is 18.2. The summed E-state index contributed by atoms with van der Waals surface area (Å²) in [6.07, 6.45) is 6.16. The van der Waals surface area contributed by atoms with Crippen molar-refractivity contribution in [1.82, 2.24) is 0 Å². The zero-order chi connectivity index (χ0) is 18.5. The van der Waals surface area contributed by atoms with Crippen LogP contribution in [0.15, 0.2) is 71.5 Å². The number of rotatable bonds is 2. The molecular weight excluding hydrogens is 562 g/mol. The second-order valence-corrected chi connectivity index (χ2v) is 15.7. The Hall–Kier alpha value is -1.19. The van der Waals surface area contributed by atoms with Crippen LogP contribution < -0.4 is 28.2 Å². The maximum absolute atomic E-state index is 8.18. The molecule has 0 radical (unpaired) electrons. The van der Waals surface area contributed by atoms with Crippen molar-refractivity contribution < 1.29 is 17.2 Å². The summed E-state index contributed by atoms with van der Waals surface area (Å²) < 4.78 is 1.45. The molecule has 26 heavy (non-hydrogen) atoms. The Bertz CT molecular complexity index is 1030. The molecule has 1 heterocycles. The van der Waals surface area contributed by atoms with Gasteiger partial charge in [-0.25, -0.2) is 0 Å². The average Bonchev–Trinajstić information content (AvgIpc) is 2.63. The number of benzene rings is 2. The fourth-order valence-electron chi connectivity index (χ4n) is 3.88. The van der Waals surface area contributed by atoms with E-state index in [1.807, 2.05) is 12.1 Å². The fourth-order valence-corrected chi connectivity index (χ4v) is 10.4. The van der Waals surface area contributed by atoms with Gasteiger partial charge in [0.2, 0.25) is 0 Å². The minimum atomic E-state index is -1.91. The zero-order valence-electron chi connectivity index (χ0n) is 14.6. The summed E-state index contributed by atoms with van der Waals surface area (Å²) in [6, 6.07) is 15.2. The second-order valence-electron chi connectivity index (χ2n) is 7.12. The Labute approximate surface area is 175 Å². The summed E-state index contributed by atoms with van der Waals surface area (Å²) in [5.41, 5.74) is 12.9. The first-order valence-electron chi connectivity index (χ1n) is 8.42. The quantitative estimate of drug-likeness (QED) is 0.317. The second kappa shape index (κ2) is 6.76. The van der Waals surface area contributed by atoms with Gasteiger partial charge in [0.15, 0.2) is 0 Å². The van der Waals surface area contributed by atoms with Crippen molar-refractivity contribution in [3.05, 3.63) is 86.2 Å². The van der Waals surface area contributed by atoms with Crippen molar-refractivity contribution in [1.29, 1.82) is 5.41 Å². The Morgan fingerprint density at radius 3 is 2.58 bits per heavy atom. The monoisotopic (exact) mass is 581 g/mol. The van der Waals surface area contributed by atoms with Gasteiger partial charge < -0.3 is 0 Å². The molecule has 0 saturated heterocycles. The summed E-state index contributed by atoms with van der Waals surface area (Å²) in [5, 5.41) is 10.9. The summed E-state index contributed by atoms with van der Waals surface area (Å²) in [5.74, 6) is 0. The first-order chi connectivity index (χ1) is 12.4. The van der Waals surface area contributed by atoms with Gasteiger partial charge in [0, 0.05) is 0 Å². The summed E-state index contributed by atoms with van der Waals surface area (Å²) in [6.45, 7) is 4.75. The summed E-state index contributed by atoms with van der Waals surface area (Å²) >= 11 is 2.49. The Morgan fingerprint density at radius 1 is 1.04 bits per heavy atom. The minimum absolute atomic E-state index is 0.0585. The van der Waals surface area contributed by atoms with Gasteiger partial charge in [-0.05, 0) is 0 Å². The number of nitrogens with two attached hydrogens (primary N) is 1. The molecule has 132 valence electrons. The number of nitrogens with one attached hydrogen (secondary N) is 1. The number of hydrogen-bond acceptors (Lipinski definition) is 2. The number of halogens is 2. The summed E-state index contributed by atoms with van der Waals surface area (Å²) in [7, 11) is -1.91. The SMILES string of the molecule is C[Si]1(C)C2=CC(=N)C=CC2=C(c2ccccc2[I-]I)c2ccc(N)cc21. The molecular formula is C21H19I2N2Si-. The van der Waals surface area contributed by atoms with E-state index in [0.29, 0.717) is 5.71 Å². The molecule has 0 amide bonds. The number of fused-ring (bicyclic) bond motifs is 2. The average molecular weight is 581 g/mol. The first-order valence-corrected chi connectivity index (χ1v) is 18.8. The molecule has 5 heteroatoms. The van der Waals surface area contributed by atoms with Crippen molar-refractivity contribution in [2.24, 2.45) is 0 Å². The molecule has 1 aliphatic heterocycles. The third-order valence-corrected chi connectivity index (χ3v) is 13.0. The molecule has 0 saturated carbocycles. The predicted molar refractivity (Wildman–Crippen MR) is 118 cm³/mol. The van der Waals surface area contributed by atoms with Crippen LogP contribution in [0.1, 0.15) is 11.1 Å². The van der Waals surface area contributed by atoms with E-state index in [2.05, 4.69) is 80.3 Å². The van der Waals surface area contributed by atoms with Crippen molar-refractivity contribution in [3.63, 3.8) is 0 Å². The molecule has 0 spiro atoms. The third-order valence-electron chi connectivity index (χ3n) is 5.17. The van der Waals surface area contributed by atoms with Gasteiger partial charge in [0.25, 0.3) is 0 Å². The normalized spacial score (nSPS) is 17.8. The number of anilines is 1. The van der Waals surface area contributed by atoms with Gasteiger partial charge in [-0.2, -0.15) is 0 Å². The molecule has 2 aromatic rings. The molecule has 0 aromatic heterocycles. The van der Waals surface area contributed by atoms with E-state index in [9.17, 15) is 0 Å². The molecule has 3 N–H and O–H groups in total. The van der Waals surface area contributed by atoms with Crippen molar-refractivity contribution in [3.8, 4) is 0 Å². The van der Waals surface area contributed by atoms with E-state index in [4.69, 9.17) is 11.1 Å². The van der Waals surface area contributed by atoms with E-state index >= 15 is 0 Å².